The molecule has 238 valence electrons. The molecule has 2 fully saturated rings. The van der Waals surface area contributed by atoms with Crippen LogP contribution in [0.25, 0.3) is 0 Å². The van der Waals surface area contributed by atoms with E-state index in [9.17, 15) is 59.6 Å². The zero-order valence-electron chi connectivity index (χ0n) is 22.5. The molecular formula is C20H31KN5O16P. The van der Waals surface area contributed by atoms with E-state index in [0.29, 0.717) is 0 Å². The van der Waals surface area contributed by atoms with Crippen molar-refractivity contribution in [3.63, 3.8) is 0 Å². The molecule has 23 heteroatoms. The fraction of sp³-hybridized carbons (Fsp3) is 0.700. The van der Waals surface area contributed by atoms with Gasteiger partial charge in [0.15, 0.2) is 6.23 Å². The number of phosphoric acid groups is 1. The normalized spacial score (nSPS) is 33.5. The first-order valence-electron chi connectivity index (χ1n) is 12.1. The Hall–Kier alpha value is -0.994. The molecule has 1 unspecified atom stereocenters. The summed E-state index contributed by atoms with van der Waals surface area (Å²) in [6.07, 6.45) is -15.1. The van der Waals surface area contributed by atoms with Gasteiger partial charge in [-0.3, -0.25) is 18.5 Å². The van der Waals surface area contributed by atoms with Crippen LogP contribution in [-0.4, -0.2) is 131 Å². The molecule has 21 nitrogen and oxygen atoms in total. The number of carbonyl (C=O) groups is 2. The summed E-state index contributed by atoms with van der Waals surface area (Å²) in [4.78, 5) is 52.2. The van der Waals surface area contributed by atoms with Gasteiger partial charge in [-0.25, -0.2) is 9.59 Å². The van der Waals surface area contributed by atoms with Crippen LogP contribution in [0.1, 0.15) is 12.6 Å². The van der Waals surface area contributed by atoms with Crippen molar-refractivity contribution < 1.29 is 125 Å². The predicted octanol–water partition coefficient (Wildman–Crippen LogP) is -9.96. The van der Waals surface area contributed by atoms with Crippen LogP contribution < -0.4 is 78.8 Å². The molecule has 11 atom stereocenters. The number of aliphatic carboxylic acids is 1. The second-order valence-electron chi connectivity index (χ2n) is 9.37. The SMILES string of the molecule is NCC(=O)N[C@H]1[C@H]([C@H](O)[C@H](O)CO)O[C@](OP(=O)([O-])OC[C@H]2O[C@@H](n3ccc(N)nc3=O)[C@H](O)[C@@H]2O)(C(=O)O)C[C@@H]1O.[K+]. The number of phosphoric ester groups is 1. The first-order chi connectivity index (χ1) is 19.6. The molecule has 1 aromatic rings. The van der Waals surface area contributed by atoms with Crippen molar-refractivity contribution in [1.82, 2.24) is 14.9 Å². The first kappa shape index (κ1) is 38.2. The molecule has 3 rings (SSSR count). The first-order valence-corrected chi connectivity index (χ1v) is 13.6. The van der Waals surface area contributed by atoms with E-state index in [1.165, 1.54) is 6.07 Å². The minimum atomic E-state index is -5.79. The van der Waals surface area contributed by atoms with Gasteiger partial charge in [0.1, 0.15) is 42.4 Å². The maximum Gasteiger partial charge on any atom is 1.00 e. The van der Waals surface area contributed by atoms with Crippen LogP contribution in [0.15, 0.2) is 17.1 Å². The topological polar surface area (TPSA) is 352 Å². The molecule has 0 saturated carbocycles. The molecular weight excluding hydrogens is 636 g/mol. The van der Waals surface area contributed by atoms with Crippen molar-refractivity contribution in [2.24, 2.45) is 5.73 Å². The minimum Gasteiger partial charge on any atom is -0.756 e. The van der Waals surface area contributed by atoms with E-state index in [4.69, 9.17) is 20.9 Å². The molecule has 0 aromatic carbocycles. The Kier molecular flexibility index (Phi) is 13.8. The molecule has 43 heavy (non-hydrogen) atoms. The Morgan fingerprint density at radius 1 is 1.30 bits per heavy atom. The Morgan fingerprint density at radius 2 is 1.95 bits per heavy atom. The average molecular weight is 668 g/mol. The third-order valence-corrected chi connectivity index (χ3v) is 7.43. The van der Waals surface area contributed by atoms with Crippen LogP contribution in [0.4, 0.5) is 5.82 Å². The zero-order valence-corrected chi connectivity index (χ0v) is 26.5. The third-order valence-electron chi connectivity index (χ3n) is 6.45. The monoisotopic (exact) mass is 667 g/mol. The number of nitrogens with zero attached hydrogens (tertiary/aromatic N) is 2. The number of nitrogens with one attached hydrogen (secondary N) is 1. The fourth-order valence-corrected chi connectivity index (χ4v) is 5.26. The van der Waals surface area contributed by atoms with E-state index in [1.54, 1.807) is 0 Å². The Balaban J connectivity index is 0.00000645. The zero-order chi connectivity index (χ0) is 31.6. The van der Waals surface area contributed by atoms with Gasteiger partial charge < -0.3 is 71.4 Å². The summed E-state index contributed by atoms with van der Waals surface area (Å²) in [6.45, 7) is -2.80. The Bertz CT molecular complexity index is 1240. The summed E-state index contributed by atoms with van der Waals surface area (Å²) in [5.74, 6) is -6.51. The number of amides is 1. The van der Waals surface area contributed by atoms with Gasteiger partial charge in [0.05, 0.1) is 31.9 Å². The van der Waals surface area contributed by atoms with Crippen LogP contribution >= 0.6 is 7.82 Å². The van der Waals surface area contributed by atoms with Gasteiger partial charge in [0, 0.05) is 12.6 Å². The van der Waals surface area contributed by atoms with E-state index in [0.717, 1.165) is 10.8 Å². The summed E-state index contributed by atoms with van der Waals surface area (Å²) in [7, 11) is -5.79. The number of aromatic nitrogens is 2. The Labute approximate surface area is 284 Å². The second kappa shape index (κ2) is 15.5. The van der Waals surface area contributed by atoms with Gasteiger partial charge in [-0.1, -0.05) is 0 Å². The van der Waals surface area contributed by atoms with Crippen LogP contribution in [0.2, 0.25) is 0 Å². The van der Waals surface area contributed by atoms with E-state index < -0.39 is 112 Å². The van der Waals surface area contributed by atoms with Crippen molar-refractivity contribution in [2.75, 3.05) is 25.5 Å². The quantitative estimate of drug-likeness (QED) is 0.0730. The number of hydrogen-bond donors (Lipinski definition) is 10. The maximum absolute atomic E-state index is 12.7. The molecule has 1 amide bonds. The smallest absolute Gasteiger partial charge is 0.756 e. The van der Waals surface area contributed by atoms with Crippen molar-refractivity contribution >= 4 is 25.5 Å². The maximum atomic E-state index is 12.7. The Morgan fingerprint density at radius 3 is 2.51 bits per heavy atom. The number of carbonyl (C=O) groups excluding carboxylic acids is 1. The molecule has 2 aliphatic rings. The summed E-state index contributed by atoms with van der Waals surface area (Å²) in [5, 5.41) is 72.7. The summed E-state index contributed by atoms with van der Waals surface area (Å²) in [6, 6.07) is -0.473. The van der Waals surface area contributed by atoms with Gasteiger partial charge in [0.2, 0.25) is 5.91 Å². The van der Waals surface area contributed by atoms with Crippen molar-refractivity contribution in [2.45, 2.75) is 67.2 Å². The van der Waals surface area contributed by atoms with Gasteiger partial charge in [-0.15, -0.1) is 0 Å². The largest absolute Gasteiger partial charge is 1.00 e. The standard InChI is InChI=1S/C20H32N5O16P.K/c21-4-11(29)24-12-7(27)3-20(18(33)34,40-16(12)13(30)8(28)5-26)41-42(36,37)38-6-9-14(31)15(32)17(39-9)25-2-1-10(22)23-19(25)35;/h1-2,7-9,12-17,26-28,30-32H,3-6,21H2,(H,24,29)(H,33,34)(H,36,37)(H2,22,23,35);/q;+1/p-1/t7-,8+,9+,12+,13+,14+,15+,16+,17+,20+;/m0./s1. The molecule has 0 bridgehead atoms. The van der Waals surface area contributed by atoms with E-state index in [-0.39, 0.29) is 57.2 Å². The third kappa shape index (κ3) is 8.84. The molecule has 2 aliphatic heterocycles. The number of aliphatic hydroxyl groups excluding tert-OH is 6. The number of carboxylic acids is 1. The van der Waals surface area contributed by atoms with E-state index in [2.05, 4.69) is 19.3 Å². The number of carboxylic acid groups (broad SMARTS) is 1. The van der Waals surface area contributed by atoms with Crippen molar-refractivity contribution in [1.29, 1.82) is 0 Å². The van der Waals surface area contributed by atoms with Gasteiger partial charge in [-0.05, 0) is 6.07 Å². The predicted molar refractivity (Wildman–Crippen MR) is 129 cm³/mol. The number of rotatable bonds is 12. The number of ether oxygens (including phenoxy) is 2. The molecule has 12 N–H and O–H groups in total. The van der Waals surface area contributed by atoms with Crippen LogP contribution in [-0.2, 0) is 32.7 Å². The minimum absolute atomic E-state index is 0. The van der Waals surface area contributed by atoms with Crippen LogP contribution in [0.5, 0.6) is 0 Å². The summed E-state index contributed by atoms with van der Waals surface area (Å²) in [5.41, 5.74) is 9.66. The number of aliphatic hydroxyl groups is 6. The van der Waals surface area contributed by atoms with E-state index in [1.807, 2.05) is 0 Å². The molecule has 0 aliphatic carbocycles. The number of hydrogen-bond acceptors (Lipinski definition) is 18. The van der Waals surface area contributed by atoms with Gasteiger partial charge in [-0.2, -0.15) is 4.98 Å². The molecule has 1 aromatic heterocycles. The average Bonchev–Trinajstić information content (AvgIpc) is 3.20. The summed E-state index contributed by atoms with van der Waals surface area (Å²) >= 11 is 0. The van der Waals surface area contributed by atoms with Gasteiger partial charge >= 0.3 is 63.0 Å². The van der Waals surface area contributed by atoms with Crippen molar-refractivity contribution in [3.8, 4) is 0 Å². The fourth-order valence-electron chi connectivity index (χ4n) is 4.32. The van der Waals surface area contributed by atoms with Crippen LogP contribution in [0.3, 0.4) is 0 Å². The number of nitrogen functional groups attached to an aromatic ring is 1. The number of anilines is 1. The van der Waals surface area contributed by atoms with Gasteiger partial charge in [0.25, 0.3) is 13.6 Å². The molecule has 0 spiro atoms. The number of nitrogens with two attached hydrogens (primary N) is 2. The van der Waals surface area contributed by atoms with Crippen LogP contribution in [0, 0.1) is 0 Å². The molecule has 3 heterocycles. The van der Waals surface area contributed by atoms with E-state index >= 15 is 0 Å². The second-order valence-corrected chi connectivity index (χ2v) is 10.7. The molecule has 2 saturated heterocycles. The molecule has 0 radical (unpaired) electrons. The van der Waals surface area contributed by atoms with Crippen molar-refractivity contribution in [3.05, 3.63) is 22.7 Å². The summed E-state index contributed by atoms with van der Waals surface area (Å²) < 4.78 is 33.3.